The number of hydrogen-bond donors (Lipinski definition) is 3. The molecule has 3 nitrogen and oxygen atoms in total. The summed E-state index contributed by atoms with van der Waals surface area (Å²) < 4.78 is 0. The van der Waals surface area contributed by atoms with Gasteiger partial charge in [0.2, 0.25) is 0 Å². The summed E-state index contributed by atoms with van der Waals surface area (Å²) >= 11 is 0. The van der Waals surface area contributed by atoms with Crippen LogP contribution in [0.25, 0.3) is 0 Å². The van der Waals surface area contributed by atoms with Crippen molar-refractivity contribution in [2.75, 3.05) is 0 Å². The van der Waals surface area contributed by atoms with Gasteiger partial charge in [-0.2, -0.15) is 0 Å². The van der Waals surface area contributed by atoms with Crippen molar-refractivity contribution in [3.63, 3.8) is 0 Å². The summed E-state index contributed by atoms with van der Waals surface area (Å²) in [5.41, 5.74) is 8.20. The lowest BCUT2D eigenvalue weighted by atomic mass is 10.1. The van der Waals surface area contributed by atoms with Gasteiger partial charge in [-0.15, -0.1) is 0 Å². The molecule has 1 aliphatic carbocycles. The maximum atomic E-state index is 5.61. The Morgan fingerprint density at radius 2 is 1.89 bits per heavy atom. The molecular formula is C6H11N3. The van der Waals surface area contributed by atoms with Crippen molar-refractivity contribution in [1.29, 1.82) is 0 Å². The first-order chi connectivity index (χ1) is 4.34. The maximum Gasteiger partial charge on any atom is 0.0580 e. The number of nitrogens with two attached hydrogens (primary N) is 2. The molecule has 50 valence electrons. The highest BCUT2D eigenvalue weighted by atomic mass is 15.2. The summed E-state index contributed by atoms with van der Waals surface area (Å²) in [6, 6.07) is 0.106. The van der Waals surface area contributed by atoms with Gasteiger partial charge in [-0.1, -0.05) is 24.3 Å². The van der Waals surface area contributed by atoms with Crippen LogP contribution in [0.1, 0.15) is 0 Å². The van der Waals surface area contributed by atoms with E-state index in [1.165, 1.54) is 0 Å². The summed E-state index contributed by atoms with van der Waals surface area (Å²) in [7, 11) is 0. The monoisotopic (exact) mass is 125 g/mol. The van der Waals surface area contributed by atoms with Crippen molar-refractivity contribution in [2.24, 2.45) is 11.6 Å². The second-order valence-electron chi connectivity index (χ2n) is 2.04. The lowest BCUT2D eigenvalue weighted by Gasteiger charge is -2.18. The van der Waals surface area contributed by atoms with Gasteiger partial charge in [0.25, 0.3) is 0 Å². The molecule has 2 atom stereocenters. The Hall–Kier alpha value is -0.640. The molecule has 0 aliphatic heterocycles. The minimum Gasteiger partial charge on any atom is -0.323 e. The van der Waals surface area contributed by atoms with E-state index >= 15 is 0 Å². The fraction of sp³-hybridized carbons (Fsp3) is 0.333. The van der Waals surface area contributed by atoms with E-state index in [0.717, 1.165) is 0 Å². The highest BCUT2D eigenvalue weighted by Crippen LogP contribution is 1.99. The van der Waals surface area contributed by atoms with Gasteiger partial charge >= 0.3 is 0 Å². The lowest BCUT2D eigenvalue weighted by molar-refractivity contribution is 0.561. The summed E-state index contributed by atoms with van der Waals surface area (Å²) in [4.78, 5) is 0. The highest BCUT2D eigenvalue weighted by molar-refractivity contribution is 5.18. The van der Waals surface area contributed by atoms with Gasteiger partial charge in [0, 0.05) is 6.04 Å². The van der Waals surface area contributed by atoms with E-state index in [9.17, 15) is 0 Å². The first-order valence-corrected chi connectivity index (χ1v) is 2.91. The standard InChI is InChI=1S/C6H11N3/c7-5-3-1-2-4-6(5)9-8/h1-6,9H,7-8H2. The topological polar surface area (TPSA) is 64.1 Å². The second-order valence-corrected chi connectivity index (χ2v) is 2.04. The SMILES string of the molecule is NNC1C=CC=CC1N. The lowest BCUT2D eigenvalue weighted by Crippen LogP contribution is -2.46. The Morgan fingerprint density at radius 1 is 1.22 bits per heavy atom. The first-order valence-electron chi connectivity index (χ1n) is 2.91. The van der Waals surface area contributed by atoms with E-state index in [-0.39, 0.29) is 12.1 Å². The quantitative estimate of drug-likeness (QED) is 0.320. The zero-order chi connectivity index (χ0) is 6.69. The third-order valence-electron chi connectivity index (χ3n) is 1.37. The van der Waals surface area contributed by atoms with Crippen LogP contribution in [0.2, 0.25) is 0 Å². The van der Waals surface area contributed by atoms with Crippen LogP contribution in [0, 0.1) is 0 Å². The molecule has 2 unspecified atom stereocenters. The molecule has 1 aliphatic rings. The van der Waals surface area contributed by atoms with Crippen molar-refractivity contribution in [1.82, 2.24) is 5.43 Å². The van der Waals surface area contributed by atoms with Crippen LogP contribution in [-0.4, -0.2) is 12.1 Å². The number of hydrogen-bond acceptors (Lipinski definition) is 3. The molecule has 9 heavy (non-hydrogen) atoms. The normalized spacial score (nSPS) is 33.1. The first kappa shape index (κ1) is 6.48. The number of rotatable bonds is 1. The summed E-state index contributed by atoms with van der Waals surface area (Å²) in [5.74, 6) is 5.18. The predicted octanol–water partition coefficient (Wildman–Crippen LogP) is -0.728. The fourth-order valence-electron chi connectivity index (χ4n) is 0.791. The zero-order valence-electron chi connectivity index (χ0n) is 5.12. The Bertz CT molecular complexity index is 139. The van der Waals surface area contributed by atoms with Crippen molar-refractivity contribution in [3.8, 4) is 0 Å². The zero-order valence-corrected chi connectivity index (χ0v) is 5.12. The molecule has 1 rings (SSSR count). The molecule has 0 saturated carbocycles. The van der Waals surface area contributed by atoms with E-state index in [0.29, 0.717) is 0 Å². The van der Waals surface area contributed by atoms with E-state index < -0.39 is 0 Å². The van der Waals surface area contributed by atoms with Gasteiger partial charge in [-0.3, -0.25) is 11.3 Å². The average Bonchev–Trinajstić information content (AvgIpc) is 1.89. The molecular weight excluding hydrogens is 114 g/mol. The summed E-state index contributed by atoms with van der Waals surface area (Å²) in [5, 5.41) is 0. The van der Waals surface area contributed by atoms with Gasteiger partial charge < -0.3 is 5.73 Å². The maximum absolute atomic E-state index is 5.61. The van der Waals surface area contributed by atoms with E-state index in [2.05, 4.69) is 5.43 Å². The number of allylic oxidation sites excluding steroid dienone is 2. The average molecular weight is 125 g/mol. The molecule has 3 heteroatoms. The molecule has 0 radical (unpaired) electrons. The Balaban J connectivity index is 2.55. The molecule has 0 fully saturated rings. The minimum atomic E-state index is 0.0139. The van der Waals surface area contributed by atoms with Crippen molar-refractivity contribution in [3.05, 3.63) is 24.3 Å². The number of nitrogens with one attached hydrogen (secondary N) is 1. The van der Waals surface area contributed by atoms with Crippen molar-refractivity contribution >= 4 is 0 Å². The Kier molecular flexibility index (Phi) is 2.00. The van der Waals surface area contributed by atoms with Gasteiger partial charge in [0.05, 0.1) is 6.04 Å². The smallest absolute Gasteiger partial charge is 0.0580 e. The van der Waals surface area contributed by atoms with Gasteiger partial charge in [-0.05, 0) is 0 Å². The molecule has 0 aromatic heterocycles. The van der Waals surface area contributed by atoms with Gasteiger partial charge in [0.15, 0.2) is 0 Å². The van der Waals surface area contributed by atoms with Crippen LogP contribution in [0.15, 0.2) is 24.3 Å². The second kappa shape index (κ2) is 2.77. The molecule has 0 heterocycles. The largest absolute Gasteiger partial charge is 0.323 e. The van der Waals surface area contributed by atoms with Crippen LogP contribution < -0.4 is 17.0 Å². The molecule has 0 saturated heterocycles. The van der Waals surface area contributed by atoms with Gasteiger partial charge in [-0.25, -0.2) is 0 Å². The molecule has 0 amide bonds. The predicted molar refractivity (Wildman–Crippen MR) is 37.4 cm³/mol. The Morgan fingerprint density at radius 3 is 2.33 bits per heavy atom. The van der Waals surface area contributed by atoms with Crippen molar-refractivity contribution < 1.29 is 0 Å². The van der Waals surface area contributed by atoms with E-state index in [1.807, 2.05) is 24.3 Å². The molecule has 0 bridgehead atoms. The fourth-order valence-corrected chi connectivity index (χ4v) is 0.791. The van der Waals surface area contributed by atoms with Crippen molar-refractivity contribution in [2.45, 2.75) is 12.1 Å². The van der Waals surface area contributed by atoms with Gasteiger partial charge in [0.1, 0.15) is 0 Å². The van der Waals surface area contributed by atoms with Crippen LogP contribution in [0.3, 0.4) is 0 Å². The van der Waals surface area contributed by atoms with E-state index in [1.54, 1.807) is 0 Å². The van der Waals surface area contributed by atoms with Crippen LogP contribution in [-0.2, 0) is 0 Å². The van der Waals surface area contributed by atoms with Crippen LogP contribution in [0.5, 0.6) is 0 Å². The summed E-state index contributed by atoms with van der Waals surface area (Å²) in [6.45, 7) is 0. The highest BCUT2D eigenvalue weighted by Gasteiger charge is 2.10. The Labute approximate surface area is 54.4 Å². The third-order valence-corrected chi connectivity index (χ3v) is 1.37. The van der Waals surface area contributed by atoms with Crippen LogP contribution in [0.4, 0.5) is 0 Å². The van der Waals surface area contributed by atoms with E-state index in [4.69, 9.17) is 11.6 Å². The number of hydrazine groups is 1. The minimum absolute atomic E-state index is 0.0139. The molecule has 0 aromatic carbocycles. The molecule has 5 N–H and O–H groups in total. The third kappa shape index (κ3) is 1.38. The summed E-state index contributed by atoms with van der Waals surface area (Å²) in [6.07, 6.45) is 7.68. The molecule has 0 spiro atoms. The van der Waals surface area contributed by atoms with Crippen LogP contribution >= 0.6 is 0 Å². The molecule has 0 aromatic rings.